The summed E-state index contributed by atoms with van der Waals surface area (Å²) in [5.74, 6) is 0.471. The van der Waals surface area contributed by atoms with Crippen molar-refractivity contribution in [2.45, 2.75) is 6.92 Å². The van der Waals surface area contributed by atoms with Crippen molar-refractivity contribution in [3.05, 3.63) is 39.8 Å². The maximum Gasteiger partial charge on any atom is 0.163 e. The molecular weight excluding hydrogens is 279 g/mol. The molecule has 1 aromatic carbocycles. The first kappa shape index (κ1) is 12.3. The molecule has 0 amide bonds. The van der Waals surface area contributed by atoms with Gasteiger partial charge >= 0.3 is 0 Å². The van der Waals surface area contributed by atoms with Crippen LogP contribution in [0.1, 0.15) is 17.3 Å². The van der Waals surface area contributed by atoms with E-state index in [-0.39, 0.29) is 12.4 Å². The highest BCUT2D eigenvalue weighted by molar-refractivity contribution is 9.10. The summed E-state index contributed by atoms with van der Waals surface area (Å²) in [6, 6.07) is 5.24. The van der Waals surface area contributed by atoms with Crippen molar-refractivity contribution in [1.29, 1.82) is 0 Å². The summed E-state index contributed by atoms with van der Waals surface area (Å²) < 4.78 is 6.18. The Labute approximate surface area is 102 Å². The zero-order chi connectivity index (χ0) is 11.4. The molecule has 0 N–H and O–H groups in total. The minimum Gasteiger partial charge on any atom is -0.487 e. The van der Waals surface area contributed by atoms with Gasteiger partial charge < -0.3 is 4.74 Å². The lowest BCUT2D eigenvalue weighted by molar-refractivity contribution is 0.101. The van der Waals surface area contributed by atoms with Crippen LogP contribution >= 0.6 is 27.5 Å². The molecule has 15 heavy (non-hydrogen) atoms. The van der Waals surface area contributed by atoms with Crippen molar-refractivity contribution in [2.24, 2.45) is 0 Å². The number of carbonyl (C=O) groups excluding carboxylic acids is 1. The zero-order valence-electron chi connectivity index (χ0n) is 8.22. The number of hydrogen-bond donors (Lipinski definition) is 0. The second-order valence-corrected chi connectivity index (χ2v) is 4.45. The molecule has 0 unspecified atom stereocenters. The molecule has 0 aliphatic carbocycles. The second kappa shape index (κ2) is 5.33. The molecule has 0 fully saturated rings. The quantitative estimate of drug-likeness (QED) is 0.789. The summed E-state index contributed by atoms with van der Waals surface area (Å²) in [4.78, 5) is 11.3. The van der Waals surface area contributed by atoms with Crippen LogP contribution in [-0.2, 0) is 0 Å². The van der Waals surface area contributed by atoms with Crippen molar-refractivity contribution in [3.63, 3.8) is 0 Å². The van der Waals surface area contributed by atoms with E-state index in [2.05, 4.69) is 22.5 Å². The van der Waals surface area contributed by atoms with Crippen molar-refractivity contribution in [2.75, 3.05) is 6.61 Å². The molecule has 1 aromatic rings. The lowest BCUT2D eigenvalue weighted by Crippen LogP contribution is -2.02. The van der Waals surface area contributed by atoms with E-state index < -0.39 is 0 Å². The van der Waals surface area contributed by atoms with Crippen LogP contribution in [0.5, 0.6) is 5.75 Å². The normalized spacial score (nSPS) is 9.80. The molecule has 2 nitrogen and oxygen atoms in total. The number of halogens is 2. The molecular formula is C11H10BrClO2. The fourth-order valence-corrected chi connectivity index (χ4v) is 1.47. The van der Waals surface area contributed by atoms with E-state index in [1.807, 2.05) is 0 Å². The minimum absolute atomic E-state index is 0.0496. The molecule has 0 aromatic heterocycles. The molecule has 0 aliphatic rings. The summed E-state index contributed by atoms with van der Waals surface area (Å²) in [5.41, 5.74) is 0.530. The molecule has 1 rings (SSSR count). The van der Waals surface area contributed by atoms with E-state index in [9.17, 15) is 4.79 Å². The summed E-state index contributed by atoms with van der Waals surface area (Å²) in [6.07, 6.45) is 0. The minimum atomic E-state index is -0.0496. The standard InChI is InChI=1S/C11H10BrClO2/c1-7(13)6-15-11-4-3-9(12)5-10(11)8(2)14/h3-5H,1,6H2,2H3. The van der Waals surface area contributed by atoms with E-state index in [0.717, 1.165) is 4.47 Å². The number of rotatable bonds is 4. The molecule has 80 valence electrons. The molecule has 4 heteroatoms. The summed E-state index contributed by atoms with van der Waals surface area (Å²) in [5, 5.41) is 0.396. The van der Waals surface area contributed by atoms with Crippen molar-refractivity contribution in [3.8, 4) is 5.75 Å². The molecule has 0 spiro atoms. The third kappa shape index (κ3) is 3.68. The molecule has 0 saturated heterocycles. The largest absolute Gasteiger partial charge is 0.487 e. The number of benzene rings is 1. The summed E-state index contributed by atoms with van der Waals surface area (Å²) in [7, 11) is 0. The molecule has 0 atom stereocenters. The lowest BCUT2D eigenvalue weighted by Gasteiger charge is -2.09. The molecule has 0 saturated carbocycles. The number of ether oxygens (including phenoxy) is 1. The Kier molecular flexibility index (Phi) is 4.36. The third-order valence-corrected chi connectivity index (χ3v) is 2.31. The van der Waals surface area contributed by atoms with Crippen molar-refractivity contribution >= 4 is 33.3 Å². The predicted molar refractivity (Wildman–Crippen MR) is 64.6 cm³/mol. The van der Waals surface area contributed by atoms with Gasteiger partial charge in [-0.25, -0.2) is 0 Å². The Bertz CT molecular complexity index is 402. The summed E-state index contributed by atoms with van der Waals surface area (Å²) >= 11 is 8.87. The summed E-state index contributed by atoms with van der Waals surface area (Å²) in [6.45, 7) is 5.20. The molecule has 0 bridgehead atoms. The maximum absolute atomic E-state index is 11.3. The van der Waals surface area contributed by atoms with Crippen LogP contribution in [-0.4, -0.2) is 12.4 Å². The average Bonchev–Trinajstić information content (AvgIpc) is 2.15. The van der Waals surface area contributed by atoms with Crippen LogP contribution in [0, 0.1) is 0 Å². The first-order valence-electron chi connectivity index (χ1n) is 4.27. The van der Waals surface area contributed by atoms with E-state index in [1.165, 1.54) is 6.92 Å². The Hall–Kier alpha value is -0.800. The highest BCUT2D eigenvalue weighted by Crippen LogP contribution is 2.24. The Morgan fingerprint density at radius 1 is 1.60 bits per heavy atom. The van der Waals surface area contributed by atoms with Gasteiger partial charge in [-0.15, -0.1) is 0 Å². The van der Waals surface area contributed by atoms with Crippen LogP contribution in [0.4, 0.5) is 0 Å². The molecule has 0 heterocycles. The first-order chi connectivity index (χ1) is 7.00. The van der Waals surface area contributed by atoms with Gasteiger partial charge in [0.25, 0.3) is 0 Å². The van der Waals surface area contributed by atoms with Gasteiger partial charge in [0, 0.05) is 9.51 Å². The monoisotopic (exact) mass is 288 g/mol. The number of ketones is 1. The van der Waals surface area contributed by atoms with E-state index in [1.54, 1.807) is 18.2 Å². The van der Waals surface area contributed by atoms with Gasteiger partial charge in [-0.3, -0.25) is 4.79 Å². The highest BCUT2D eigenvalue weighted by Gasteiger charge is 2.09. The van der Waals surface area contributed by atoms with Crippen molar-refractivity contribution < 1.29 is 9.53 Å². The van der Waals surface area contributed by atoms with Gasteiger partial charge in [0.2, 0.25) is 0 Å². The lowest BCUT2D eigenvalue weighted by atomic mass is 10.1. The number of carbonyl (C=O) groups is 1. The topological polar surface area (TPSA) is 26.3 Å². The Balaban J connectivity index is 2.95. The van der Waals surface area contributed by atoms with Gasteiger partial charge in [-0.2, -0.15) is 0 Å². The van der Waals surface area contributed by atoms with Gasteiger partial charge in [-0.1, -0.05) is 34.1 Å². The van der Waals surface area contributed by atoms with Crippen LogP contribution in [0.3, 0.4) is 0 Å². The van der Waals surface area contributed by atoms with Crippen molar-refractivity contribution in [1.82, 2.24) is 0 Å². The van der Waals surface area contributed by atoms with Gasteiger partial charge in [0.1, 0.15) is 12.4 Å². The maximum atomic E-state index is 11.3. The molecule has 0 aliphatic heterocycles. The van der Waals surface area contributed by atoms with Crippen LogP contribution in [0.25, 0.3) is 0 Å². The highest BCUT2D eigenvalue weighted by atomic mass is 79.9. The smallest absolute Gasteiger partial charge is 0.163 e. The molecule has 0 radical (unpaired) electrons. The van der Waals surface area contributed by atoms with E-state index >= 15 is 0 Å². The number of hydrogen-bond acceptors (Lipinski definition) is 2. The van der Waals surface area contributed by atoms with Gasteiger partial charge in [0.05, 0.1) is 5.56 Å². The zero-order valence-corrected chi connectivity index (χ0v) is 10.6. The first-order valence-corrected chi connectivity index (χ1v) is 5.44. The van der Waals surface area contributed by atoms with Crippen LogP contribution < -0.4 is 4.74 Å². The SMILES string of the molecule is C=C(Cl)COc1ccc(Br)cc1C(C)=O. The third-order valence-electron chi connectivity index (χ3n) is 1.71. The van der Waals surface area contributed by atoms with E-state index in [0.29, 0.717) is 16.3 Å². The fraction of sp³-hybridized carbons (Fsp3) is 0.182. The Morgan fingerprint density at radius 2 is 2.27 bits per heavy atom. The van der Waals surface area contributed by atoms with E-state index in [4.69, 9.17) is 16.3 Å². The predicted octanol–water partition coefficient (Wildman–Crippen LogP) is 3.78. The van der Waals surface area contributed by atoms with Crippen LogP contribution in [0.2, 0.25) is 0 Å². The number of Topliss-reactive ketones (excluding diaryl/α,β-unsaturated/α-hetero) is 1. The average molecular weight is 290 g/mol. The Morgan fingerprint density at radius 3 is 2.80 bits per heavy atom. The van der Waals surface area contributed by atoms with Gasteiger partial charge in [0.15, 0.2) is 5.78 Å². The van der Waals surface area contributed by atoms with Crippen LogP contribution in [0.15, 0.2) is 34.3 Å². The van der Waals surface area contributed by atoms with Gasteiger partial charge in [-0.05, 0) is 25.1 Å². The fourth-order valence-electron chi connectivity index (χ4n) is 1.06. The second-order valence-electron chi connectivity index (χ2n) is 3.00.